The number of amides is 1. The van der Waals surface area contributed by atoms with Crippen LogP contribution in [-0.4, -0.2) is 10.9 Å². The van der Waals surface area contributed by atoms with Crippen molar-refractivity contribution in [1.29, 1.82) is 0 Å². The van der Waals surface area contributed by atoms with E-state index in [2.05, 4.69) is 27.1 Å². The van der Waals surface area contributed by atoms with Gasteiger partial charge in [0.15, 0.2) is 5.13 Å². The Morgan fingerprint density at radius 2 is 2.33 bits per heavy atom. The second-order valence-corrected chi connectivity index (χ2v) is 6.17. The van der Waals surface area contributed by atoms with Crippen molar-refractivity contribution in [1.82, 2.24) is 4.98 Å². The van der Waals surface area contributed by atoms with Crippen molar-refractivity contribution in [3.8, 4) is 0 Å². The Morgan fingerprint density at radius 1 is 1.44 bits per heavy atom. The number of nitrogens with zero attached hydrogens (tertiary/aromatic N) is 1. The fourth-order valence-electron chi connectivity index (χ4n) is 1.78. The molecular formula is C13H14N2OS2. The number of rotatable bonds is 5. The maximum atomic E-state index is 11.8. The van der Waals surface area contributed by atoms with Crippen molar-refractivity contribution in [2.75, 3.05) is 5.32 Å². The summed E-state index contributed by atoms with van der Waals surface area (Å²) in [6, 6.07) is 2.06. The number of hydrogen-bond acceptors (Lipinski definition) is 4. The number of nitrogens with one attached hydrogen (secondary N) is 1. The van der Waals surface area contributed by atoms with Crippen LogP contribution >= 0.6 is 22.7 Å². The molecule has 94 valence electrons. The molecule has 2 heterocycles. The summed E-state index contributed by atoms with van der Waals surface area (Å²) in [6.45, 7) is 0. The topological polar surface area (TPSA) is 42.0 Å². The minimum Gasteiger partial charge on any atom is -0.302 e. The smallest absolute Gasteiger partial charge is 0.226 e. The maximum Gasteiger partial charge on any atom is 0.226 e. The maximum absolute atomic E-state index is 11.8. The number of anilines is 1. The van der Waals surface area contributed by atoms with Crippen LogP contribution in [0, 0.1) is 0 Å². The van der Waals surface area contributed by atoms with E-state index in [-0.39, 0.29) is 5.91 Å². The Kier molecular flexibility index (Phi) is 3.43. The lowest BCUT2D eigenvalue weighted by Crippen LogP contribution is -2.12. The Balaban J connectivity index is 1.50. The van der Waals surface area contributed by atoms with Crippen LogP contribution in [0.5, 0.6) is 0 Å². The molecule has 0 aromatic carbocycles. The van der Waals surface area contributed by atoms with Crippen LogP contribution in [-0.2, 0) is 11.2 Å². The van der Waals surface area contributed by atoms with Crippen LogP contribution in [0.1, 0.15) is 36.4 Å². The Hall–Kier alpha value is -1.20. The predicted octanol–water partition coefficient (Wildman–Crippen LogP) is 3.65. The first kappa shape index (κ1) is 11.9. The van der Waals surface area contributed by atoms with E-state index >= 15 is 0 Å². The molecule has 0 spiro atoms. The zero-order valence-electron chi connectivity index (χ0n) is 9.89. The first-order chi connectivity index (χ1) is 8.81. The van der Waals surface area contributed by atoms with Gasteiger partial charge in [-0.15, -0.1) is 11.3 Å². The van der Waals surface area contributed by atoms with Crippen molar-refractivity contribution in [3.05, 3.63) is 33.5 Å². The average molecular weight is 278 g/mol. The molecule has 18 heavy (non-hydrogen) atoms. The van der Waals surface area contributed by atoms with Gasteiger partial charge in [-0.2, -0.15) is 11.3 Å². The highest BCUT2D eigenvalue weighted by molar-refractivity contribution is 7.14. The van der Waals surface area contributed by atoms with Crippen LogP contribution in [0.15, 0.2) is 22.2 Å². The molecule has 1 aliphatic carbocycles. The van der Waals surface area contributed by atoms with Crippen LogP contribution in [0.2, 0.25) is 0 Å². The van der Waals surface area contributed by atoms with Crippen molar-refractivity contribution in [2.45, 2.75) is 31.6 Å². The number of aryl methyl sites for hydroxylation is 1. The molecule has 1 fully saturated rings. The number of aromatic nitrogens is 1. The van der Waals surface area contributed by atoms with Crippen LogP contribution in [0.25, 0.3) is 0 Å². The van der Waals surface area contributed by atoms with E-state index in [4.69, 9.17) is 0 Å². The molecule has 5 heteroatoms. The molecule has 0 radical (unpaired) electrons. The van der Waals surface area contributed by atoms with E-state index in [0.29, 0.717) is 12.3 Å². The summed E-state index contributed by atoms with van der Waals surface area (Å²) in [4.78, 5) is 16.2. The SMILES string of the molecule is O=C(CCc1ccsc1)Nc1nc(C2CC2)cs1. The van der Waals surface area contributed by atoms with Gasteiger partial charge in [0.2, 0.25) is 5.91 Å². The van der Waals surface area contributed by atoms with Crippen LogP contribution in [0.3, 0.4) is 0 Å². The first-order valence-corrected chi connectivity index (χ1v) is 7.90. The number of thiazole rings is 1. The van der Waals surface area contributed by atoms with Gasteiger partial charge in [-0.1, -0.05) is 0 Å². The molecule has 1 amide bonds. The number of carbonyl (C=O) groups excluding carboxylic acids is 1. The van der Waals surface area contributed by atoms with E-state index in [1.165, 1.54) is 29.7 Å². The van der Waals surface area contributed by atoms with Crippen LogP contribution in [0.4, 0.5) is 5.13 Å². The second kappa shape index (κ2) is 5.20. The summed E-state index contributed by atoms with van der Waals surface area (Å²) in [5.74, 6) is 0.704. The van der Waals surface area contributed by atoms with Crippen molar-refractivity contribution in [3.63, 3.8) is 0 Å². The Morgan fingerprint density at radius 3 is 3.06 bits per heavy atom. The minimum absolute atomic E-state index is 0.0536. The molecule has 2 aromatic heterocycles. The molecule has 0 unspecified atom stereocenters. The molecule has 3 nitrogen and oxygen atoms in total. The number of hydrogen-bond donors (Lipinski definition) is 1. The van der Waals surface area contributed by atoms with Crippen LogP contribution < -0.4 is 5.32 Å². The summed E-state index contributed by atoms with van der Waals surface area (Å²) < 4.78 is 0. The lowest BCUT2D eigenvalue weighted by molar-refractivity contribution is -0.116. The largest absolute Gasteiger partial charge is 0.302 e. The second-order valence-electron chi connectivity index (χ2n) is 4.53. The van der Waals surface area contributed by atoms with Gasteiger partial charge in [-0.05, 0) is 41.7 Å². The van der Waals surface area contributed by atoms with Crippen molar-refractivity contribution < 1.29 is 4.79 Å². The average Bonchev–Trinajstić information content (AvgIpc) is 2.90. The third-order valence-corrected chi connectivity index (χ3v) is 4.49. The molecule has 1 aliphatic rings. The first-order valence-electron chi connectivity index (χ1n) is 6.07. The normalized spacial score (nSPS) is 14.7. The lowest BCUT2D eigenvalue weighted by atomic mass is 10.2. The van der Waals surface area contributed by atoms with Gasteiger partial charge >= 0.3 is 0 Å². The van der Waals surface area contributed by atoms with Gasteiger partial charge in [0, 0.05) is 17.7 Å². The molecular weight excluding hydrogens is 264 g/mol. The molecule has 0 aliphatic heterocycles. The lowest BCUT2D eigenvalue weighted by Gasteiger charge is -2.00. The molecule has 0 bridgehead atoms. The molecule has 0 atom stereocenters. The Labute approximate surface area is 114 Å². The van der Waals surface area contributed by atoms with Crippen molar-refractivity contribution >= 4 is 33.7 Å². The summed E-state index contributed by atoms with van der Waals surface area (Å²) in [5.41, 5.74) is 2.38. The zero-order chi connectivity index (χ0) is 12.4. The molecule has 3 rings (SSSR count). The van der Waals surface area contributed by atoms with Gasteiger partial charge in [-0.3, -0.25) is 4.79 Å². The highest BCUT2D eigenvalue weighted by Crippen LogP contribution is 2.40. The summed E-state index contributed by atoms with van der Waals surface area (Å²) in [7, 11) is 0. The fraction of sp³-hybridized carbons (Fsp3) is 0.385. The fourth-order valence-corrected chi connectivity index (χ4v) is 3.30. The minimum atomic E-state index is 0.0536. The van der Waals surface area contributed by atoms with E-state index in [1.807, 2.05) is 5.38 Å². The number of thiophene rings is 1. The summed E-state index contributed by atoms with van der Waals surface area (Å²) >= 11 is 3.20. The number of carbonyl (C=O) groups is 1. The summed E-state index contributed by atoms with van der Waals surface area (Å²) in [6.07, 6.45) is 3.82. The van der Waals surface area contributed by atoms with E-state index in [0.717, 1.165) is 17.2 Å². The standard InChI is InChI=1S/C13H14N2OS2/c16-12(4-1-9-5-6-17-7-9)15-13-14-11(8-18-13)10-2-3-10/h5-8,10H,1-4H2,(H,14,15,16). The summed E-state index contributed by atoms with van der Waals surface area (Å²) in [5, 5.41) is 9.81. The molecule has 1 N–H and O–H groups in total. The molecule has 2 aromatic rings. The third-order valence-electron chi connectivity index (χ3n) is 2.98. The van der Waals surface area contributed by atoms with Crippen molar-refractivity contribution in [2.24, 2.45) is 0 Å². The van der Waals surface area contributed by atoms with Gasteiger partial charge in [0.1, 0.15) is 0 Å². The van der Waals surface area contributed by atoms with Gasteiger partial charge in [-0.25, -0.2) is 4.98 Å². The molecule has 1 saturated carbocycles. The van der Waals surface area contributed by atoms with E-state index in [9.17, 15) is 4.79 Å². The third kappa shape index (κ3) is 2.97. The predicted molar refractivity (Wildman–Crippen MR) is 75.4 cm³/mol. The zero-order valence-corrected chi connectivity index (χ0v) is 11.5. The van der Waals surface area contributed by atoms with Gasteiger partial charge in [0.05, 0.1) is 5.69 Å². The highest BCUT2D eigenvalue weighted by atomic mass is 32.1. The Bertz CT molecular complexity index is 529. The quantitative estimate of drug-likeness (QED) is 0.907. The monoisotopic (exact) mass is 278 g/mol. The van der Waals surface area contributed by atoms with E-state index in [1.54, 1.807) is 11.3 Å². The van der Waals surface area contributed by atoms with Gasteiger partial charge < -0.3 is 5.32 Å². The molecule has 0 saturated heterocycles. The highest BCUT2D eigenvalue weighted by Gasteiger charge is 2.26. The van der Waals surface area contributed by atoms with Gasteiger partial charge in [0.25, 0.3) is 0 Å². The van der Waals surface area contributed by atoms with E-state index < -0.39 is 0 Å².